The molecule has 2 rings (SSSR count). The summed E-state index contributed by atoms with van der Waals surface area (Å²) in [5, 5.41) is 6.22. The lowest BCUT2D eigenvalue weighted by Crippen LogP contribution is -2.17. The fourth-order valence-corrected chi connectivity index (χ4v) is 2.71. The first-order chi connectivity index (χ1) is 8.77. The summed E-state index contributed by atoms with van der Waals surface area (Å²) in [7, 11) is 2.07. The largest absolute Gasteiger partial charge is 0.313 e. The van der Waals surface area contributed by atoms with Gasteiger partial charge in [-0.05, 0) is 42.3 Å². The minimum atomic E-state index is 0.469. The predicted octanol–water partition coefficient (Wildman–Crippen LogP) is 4.60. The Labute approximate surface area is 110 Å². The van der Waals surface area contributed by atoms with E-state index in [1.807, 2.05) is 0 Å². The van der Waals surface area contributed by atoms with Crippen LogP contribution in [-0.4, -0.2) is 7.05 Å². The molecule has 1 atom stereocenters. The summed E-state index contributed by atoms with van der Waals surface area (Å²) in [6.45, 7) is 4.47. The van der Waals surface area contributed by atoms with Crippen molar-refractivity contribution in [1.29, 1.82) is 0 Å². The van der Waals surface area contributed by atoms with Gasteiger partial charge < -0.3 is 5.32 Å². The average molecular weight is 241 g/mol. The van der Waals surface area contributed by atoms with Gasteiger partial charge in [0.15, 0.2) is 0 Å². The molecule has 0 saturated heterocycles. The zero-order valence-electron chi connectivity index (χ0n) is 11.7. The number of benzene rings is 2. The average Bonchev–Trinajstić information content (AvgIpc) is 2.41. The standard InChI is InChI=1S/C17H23N/c1-4-5-10-16(18-3)17-13(2)11-12-14-8-6-7-9-15(14)17/h6-9,11-12,16,18H,4-5,10H2,1-3H3. The highest BCUT2D eigenvalue weighted by molar-refractivity contribution is 5.87. The van der Waals surface area contributed by atoms with Gasteiger partial charge in [0.2, 0.25) is 0 Å². The Bertz CT molecular complexity index is 516. The van der Waals surface area contributed by atoms with Crippen molar-refractivity contribution >= 4 is 10.8 Å². The molecule has 1 unspecified atom stereocenters. The molecule has 0 amide bonds. The van der Waals surface area contributed by atoms with Crippen LogP contribution < -0.4 is 5.32 Å². The molecule has 0 fully saturated rings. The Balaban J connectivity index is 2.49. The van der Waals surface area contributed by atoms with Gasteiger partial charge in [0.1, 0.15) is 0 Å². The summed E-state index contributed by atoms with van der Waals surface area (Å²) in [5.41, 5.74) is 2.87. The van der Waals surface area contributed by atoms with Crippen LogP contribution in [0.25, 0.3) is 10.8 Å². The van der Waals surface area contributed by atoms with Gasteiger partial charge in [-0.1, -0.05) is 56.2 Å². The summed E-state index contributed by atoms with van der Waals surface area (Å²) in [6.07, 6.45) is 3.73. The van der Waals surface area contributed by atoms with Crippen LogP contribution in [0.5, 0.6) is 0 Å². The van der Waals surface area contributed by atoms with Crippen LogP contribution in [0.15, 0.2) is 36.4 Å². The van der Waals surface area contributed by atoms with Crippen LogP contribution >= 0.6 is 0 Å². The monoisotopic (exact) mass is 241 g/mol. The molecule has 2 aromatic rings. The van der Waals surface area contributed by atoms with Crippen LogP contribution in [0.1, 0.15) is 43.4 Å². The second kappa shape index (κ2) is 6.01. The molecular weight excluding hydrogens is 218 g/mol. The molecule has 0 spiro atoms. The van der Waals surface area contributed by atoms with Gasteiger partial charge in [-0.3, -0.25) is 0 Å². The van der Waals surface area contributed by atoms with E-state index < -0.39 is 0 Å². The van der Waals surface area contributed by atoms with E-state index >= 15 is 0 Å². The number of nitrogens with one attached hydrogen (secondary N) is 1. The zero-order chi connectivity index (χ0) is 13.0. The Morgan fingerprint density at radius 1 is 1.11 bits per heavy atom. The lowest BCUT2D eigenvalue weighted by molar-refractivity contribution is 0.524. The number of fused-ring (bicyclic) bond motifs is 1. The second-order valence-corrected chi connectivity index (χ2v) is 5.00. The van der Waals surface area contributed by atoms with Crippen molar-refractivity contribution in [3.63, 3.8) is 0 Å². The van der Waals surface area contributed by atoms with Crippen molar-refractivity contribution in [3.8, 4) is 0 Å². The van der Waals surface area contributed by atoms with Crippen LogP contribution in [-0.2, 0) is 0 Å². The molecule has 0 radical (unpaired) electrons. The third-order valence-corrected chi connectivity index (χ3v) is 3.73. The molecule has 0 aromatic heterocycles. The Morgan fingerprint density at radius 2 is 1.89 bits per heavy atom. The highest BCUT2D eigenvalue weighted by Crippen LogP contribution is 2.30. The van der Waals surface area contributed by atoms with Gasteiger partial charge in [-0.15, -0.1) is 0 Å². The van der Waals surface area contributed by atoms with Gasteiger partial charge in [-0.2, -0.15) is 0 Å². The van der Waals surface area contributed by atoms with E-state index in [0.717, 1.165) is 0 Å². The lowest BCUT2D eigenvalue weighted by atomic mass is 9.91. The van der Waals surface area contributed by atoms with E-state index in [1.165, 1.54) is 41.2 Å². The lowest BCUT2D eigenvalue weighted by Gasteiger charge is -2.21. The smallest absolute Gasteiger partial charge is 0.0326 e. The van der Waals surface area contributed by atoms with Crippen LogP contribution in [0, 0.1) is 6.92 Å². The van der Waals surface area contributed by atoms with E-state index in [0.29, 0.717) is 6.04 Å². The fraction of sp³-hybridized carbons (Fsp3) is 0.412. The first-order valence-corrected chi connectivity index (χ1v) is 6.93. The summed E-state index contributed by atoms with van der Waals surface area (Å²) in [4.78, 5) is 0. The maximum Gasteiger partial charge on any atom is 0.0326 e. The van der Waals surface area contributed by atoms with Crippen molar-refractivity contribution in [2.45, 2.75) is 39.2 Å². The van der Waals surface area contributed by atoms with E-state index in [4.69, 9.17) is 0 Å². The Kier molecular flexibility index (Phi) is 4.38. The third-order valence-electron chi connectivity index (χ3n) is 3.73. The van der Waals surface area contributed by atoms with Crippen molar-refractivity contribution in [2.24, 2.45) is 0 Å². The quantitative estimate of drug-likeness (QED) is 0.806. The summed E-state index contributed by atoms with van der Waals surface area (Å²) in [6, 6.07) is 13.6. The van der Waals surface area contributed by atoms with Crippen LogP contribution in [0.3, 0.4) is 0 Å². The third kappa shape index (κ3) is 2.56. The number of aryl methyl sites for hydroxylation is 1. The van der Waals surface area contributed by atoms with Gasteiger partial charge >= 0.3 is 0 Å². The topological polar surface area (TPSA) is 12.0 Å². The Morgan fingerprint density at radius 3 is 2.61 bits per heavy atom. The van der Waals surface area contributed by atoms with E-state index in [1.54, 1.807) is 0 Å². The molecule has 1 heteroatoms. The van der Waals surface area contributed by atoms with E-state index in [2.05, 4.69) is 62.6 Å². The normalized spacial score (nSPS) is 12.8. The van der Waals surface area contributed by atoms with Crippen LogP contribution in [0.4, 0.5) is 0 Å². The molecule has 0 aliphatic heterocycles. The molecule has 0 aliphatic rings. The van der Waals surface area contributed by atoms with E-state index in [-0.39, 0.29) is 0 Å². The van der Waals surface area contributed by atoms with Crippen molar-refractivity contribution in [3.05, 3.63) is 47.5 Å². The summed E-state index contributed by atoms with van der Waals surface area (Å²) in [5.74, 6) is 0. The van der Waals surface area contributed by atoms with E-state index in [9.17, 15) is 0 Å². The maximum atomic E-state index is 3.49. The minimum absolute atomic E-state index is 0.469. The molecule has 0 saturated carbocycles. The molecule has 0 bridgehead atoms. The summed E-state index contributed by atoms with van der Waals surface area (Å²) < 4.78 is 0. The molecular formula is C17H23N. The molecule has 18 heavy (non-hydrogen) atoms. The second-order valence-electron chi connectivity index (χ2n) is 5.00. The number of hydrogen-bond donors (Lipinski definition) is 1. The minimum Gasteiger partial charge on any atom is -0.313 e. The van der Waals surface area contributed by atoms with Gasteiger partial charge in [0.05, 0.1) is 0 Å². The maximum absolute atomic E-state index is 3.49. The SMILES string of the molecule is CCCCC(NC)c1c(C)ccc2ccccc12. The van der Waals surface area contributed by atoms with Gasteiger partial charge in [-0.25, -0.2) is 0 Å². The molecule has 1 nitrogen and oxygen atoms in total. The van der Waals surface area contributed by atoms with Crippen molar-refractivity contribution in [1.82, 2.24) is 5.32 Å². The first-order valence-electron chi connectivity index (χ1n) is 6.93. The predicted molar refractivity (Wildman–Crippen MR) is 80.0 cm³/mol. The molecule has 1 N–H and O–H groups in total. The highest BCUT2D eigenvalue weighted by atomic mass is 14.9. The first kappa shape index (κ1) is 13.1. The van der Waals surface area contributed by atoms with Gasteiger partial charge in [0.25, 0.3) is 0 Å². The molecule has 0 aliphatic carbocycles. The van der Waals surface area contributed by atoms with Gasteiger partial charge in [0, 0.05) is 6.04 Å². The zero-order valence-corrected chi connectivity index (χ0v) is 11.7. The molecule has 2 aromatic carbocycles. The summed E-state index contributed by atoms with van der Waals surface area (Å²) >= 11 is 0. The fourth-order valence-electron chi connectivity index (χ4n) is 2.71. The molecule has 96 valence electrons. The van der Waals surface area contributed by atoms with Crippen LogP contribution in [0.2, 0.25) is 0 Å². The van der Waals surface area contributed by atoms with Crippen molar-refractivity contribution < 1.29 is 0 Å². The number of rotatable bonds is 5. The highest BCUT2D eigenvalue weighted by Gasteiger charge is 2.14. The molecule has 0 heterocycles. The Hall–Kier alpha value is -1.34. The van der Waals surface area contributed by atoms with Crippen molar-refractivity contribution in [2.75, 3.05) is 7.05 Å². The number of hydrogen-bond acceptors (Lipinski definition) is 1. The number of unbranched alkanes of at least 4 members (excludes halogenated alkanes) is 1.